The van der Waals surface area contributed by atoms with Crippen LogP contribution in [0.2, 0.25) is 0 Å². The summed E-state index contributed by atoms with van der Waals surface area (Å²) in [5.74, 6) is 0.678. The molecule has 0 bridgehead atoms. The molecule has 0 N–H and O–H groups in total. The predicted octanol–water partition coefficient (Wildman–Crippen LogP) is 1.01. The first-order valence-corrected chi connectivity index (χ1v) is 3.43. The molecule has 0 atom stereocenters. The zero-order valence-corrected chi connectivity index (χ0v) is 7.76. The van der Waals surface area contributed by atoms with Gasteiger partial charge < -0.3 is 9.64 Å². The van der Waals surface area contributed by atoms with Crippen molar-refractivity contribution in [3.8, 4) is 0 Å². The van der Waals surface area contributed by atoms with Gasteiger partial charge in [-0.25, -0.2) is 0 Å². The van der Waals surface area contributed by atoms with Crippen LogP contribution in [0.1, 0.15) is 13.8 Å². The number of allylic oxidation sites excluding steroid dienone is 2. The first-order chi connectivity index (χ1) is 5.00. The Balaban J connectivity index is 4.73. The average molecular weight is 157 g/mol. The van der Waals surface area contributed by atoms with Crippen molar-refractivity contribution in [3.05, 3.63) is 11.5 Å². The number of Topliss-reactive ketones (excluding diaryl/α,β-unsaturated/α-hetero) is 1. The number of nitrogens with zero attached hydrogens (tertiary/aromatic N) is 1. The minimum atomic E-state index is 0.0225. The van der Waals surface area contributed by atoms with Crippen LogP contribution in [0.25, 0.3) is 0 Å². The summed E-state index contributed by atoms with van der Waals surface area (Å²) in [6, 6.07) is 0. The van der Waals surface area contributed by atoms with Crippen molar-refractivity contribution in [2.75, 3.05) is 21.2 Å². The molecule has 0 aromatic heterocycles. The molecule has 0 aromatic carbocycles. The maximum atomic E-state index is 11.0. The van der Waals surface area contributed by atoms with Gasteiger partial charge in [-0.2, -0.15) is 0 Å². The molecule has 0 aliphatic rings. The largest absolute Gasteiger partial charge is 0.499 e. The number of rotatable bonds is 3. The van der Waals surface area contributed by atoms with E-state index in [0.29, 0.717) is 11.5 Å². The van der Waals surface area contributed by atoms with Gasteiger partial charge in [-0.15, -0.1) is 0 Å². The summed E-state index contributed by atoms with van der Waals surface area (Å²) >= 11 is 0. The summed E-state index contributed by atoms with van der Waals surface area (Å²) in [5.41, 5.74) is 0.618. The Morgan fingerprint density at radius 2 is 1.73 bits per heavy atom. The lowest BCUT2D eigenvalue weighted by atomic mass is 10.2. The lowest BCUT2D eigenvalue weighted by Gasteiger charge is -2.16. The van der Waals surface area contributed by atoms with Crippen molar-refractivity contribution in [1.29, 1.82) is 0 Å². The van der Waals surface area contributed by atoms with Gasteiger partial charge in [-0.1, -0.05) is 0 Å². The molecule has 0 saturated carbocycles. The second-order valence-electron chi connectivity index (χ2n) is 2.56. The molecular weight excluding hydrogens is 142 g/mol. The smallest absolute Gasteiger partial charge is 0.179 e. The number of ether oxygens (including phenoxy) is 1. The van der Waals surface area contributed by atoms with E-state index in [1.54, 1.807) is 18.9 Å². The standard InChI is InChI=1S/C8H15NO2/c1-6(10)8(9(3)4)7(2)11-5/h1-5H3/b8-7+. The molecule has 0 fully saturated rings. The van der Waals surface area contributed by atoms with Crippen LogP contribution in [-0.4, -0.2) is 31.9 Å². The van der Waals surface area contributed by atoms with E-state index < -0.39 is 0 Å². The van der Waals surface area contributed by atoms with Gasteiger partial charge in [0.2, 0.25) is 0 Å². The van der Waals surface area contributed by atoms with Crippen LogP contribution >= 0.6 is 0 Å². The number of hydrogen-bond donors (Lipinski definition) is 0. The van der Waals surface area contributed by atoms with E-state index in [0.717, 1.165) is 0 Å². The first-order valence-electron chi connectivity index (χ1n) is 3.43. The van der Waals surface area contributed by atoms with E-state index >= 15 is 0 Å². The normalized spacial score (nSPS) is 12.1. The van der Waals surface area contributed by atoms with Gasteiger partial charge in [-0.3, -0.25) is 4.79 Å². The van der Waals surface area contributed by atoms with Crippen LogP contribution in [-0.2, 0) is 9.53 Å². The van der Waals surface area contributed by atoms with Crippen LogP contribution in [0.5, 0.6) is 0 Å². The molecule has 3 heteroatoms. The number of hydrogen-bond acceptors (Lipinski definition) is 3. The van der Waals surface area contributed by atoms with Gasteiger partial charge in [0.25, 0.3) is 0 Å². The number of carbonyl (C=O) groups excluding carboxylic acids is 1. The lowest BCUT2D eigenvalue weighted by molar-refractivity contribution is -0.115. The van der Waals surface area contributed by atoms with E-state index in [1.807, 2.05) is 14.1 Å². The fourth-order valence-corrected chi connectivity index (χ4v) is 0.974. The predicted molar refractivity (Wildman–Crippen MR) is 44.1 cm³/mol. The molecule has 0 saturated heterocycles. The summed E-state index contributed by atoms with van der Waals surface area (Å²) in [6.07, 6.45) is 0. The summed E-state index contributed by atoms with van der Waals surface area (Å²) in [7, 11) is 5.19. The molecule has 0 radical (unpaired) electrons. The Labute approximate surface area is 67.6 Å². The first kappa shape index (κ1) is 10.0. The number of carbonyl (C=O) groups is 1. The second kappa shape index (κ2) is 4.01. The highest BCUT2D eigenvalue weighted by Gasteiger charge is 2.10. The molecular formula is C8H15NO2. The van der Waals surface area contributed by atoms with Crippen molar-refractivity contribution in [2.24, 2.45) is 0 Å². The molecule has 0 amide bonds. The molecule has 0 aliphatic carbocycles. The van der Waals surface area contributed by atoms with Gasteiger partial charge in [-0.05, 0) is 6.92 Å². The molecule has 3 nitrogen and oxygen atoms in total. The highest BCUT2D eigenvalue weighted by atomic mass is 16.5. The summed E-state index contributed by atoms with van der Waals surface area (Å²) in [5, 5.41) is 0. The minimum absolute atomic E-state index is 0.0225. The quantitative estimate of drug-likeness (QED) is 0.452. The Hall–Kier alpha value is -0.990. The monoisotopic (exact) mass is 157 g/mol. The molecule has 0 spiro atoms. The van der Waals surface area contributed by atoms with Crippen molar-refractivity contribution in [1.82, 2.24) is 4.90 Å². The summed E-state index contributed by atoms with van der Waals surface area (Å²) in [6.45, 7) is 3.30. The highest BCUT2D eigenvalue weighted by molar-refractivity contribution is 5.92. The highest BCUT2D eigenvalue weighted by Crippen LogP contribution is 2.07. The zero-order chi connectivity index (χ0) is 9.02. The Morgan fingerprint density at radius 1 is 1.27 bits per heavy atom. The Kier molecular flexibility index (Phi) is 3.65. The Bertz CT molecular complexity index is 183. The molecule has 11 heavy (non-hydrogen) atoms. The fourth-order valence-electron chi connectivity index (χ4n) is 0.974. The summed E-state index contributed by atoms with van der Waals surface area (Å²) in [4.78, 5) is 12.8. The van der Waals surface area contributed by atoms with Crippen LogP contribution in [0.3, 0.4) is 0 Å². The van der Waals surface area contributed by atoms with Gasteiger partial charge in [0.15, 0.2) is 5.78 Å². The van der Waals surface area contributed by atoms with Crippen molar-refractivity contribution >= 4 is 5.78 Å². The third kappa shape index (κ3) is 2.62. The molecule has 64 valence electrons. The number of ketones is 1. The third-order valence-corrected chi connectivity index (χ3v) is 1.42. The van der Waals surface area contributed by atoms with Crippen LogP contribution < -0.4 is 0 Å². The second-order valence-corrected chi connectivity index (χ2v) is 2.56. The Morgan fingerprint density at radius 3 is 1.82 bits per heavy atom. The van der Waals surface area contributed by atoms with E-state index in [1.165, 1.54) is 6.92 Å². The summed E-state index contributed by atoms with van der Waals surface area (Å²) < 4.78 is 4.95. The minimum Gasteiger partial charge on any atom is -0.499 e. The van der Waals surface area contributed by atoms with Crippen LogP contribution in [0, 0.1) is 0 Å². The SMILES string of the molecule is CO/C(C)=C(\C(C)=O)N(C)C. The molecule has 0 heterocycles. The van der Waals surface area contributed by atoms with Gasteiger partial charge in [0, 0.05) is 21.0 Å². The molecule has 0 aromatic rings. The van der Waals surface area contributed by atoms with Gasteiger partial charge in [0.1, 0.15) is 11.5 Å². The fraction of sp³-hybridized carbons (Fsp3) is 0.625. The number of methoxy groups -OCH3 is 1. The van der Waals surface area contributed by atoms with E-state index in [4.69, 9.17) is 4.74 Å². The van der Waals surface area contributed by atoms with Crippen LogP contribution in [0.4, 0.5) is 0 Å². The average Bonchev–Trinajstić information content (AvgIpc) is 1.85. The maximum absolute atomic E-state index is 11.0. The van der Waals surface area contributed by atoms with Crippen molar-refractivity contribution < 1.29 is 9.53 Å². The molecule has 0 rings (SSSR count). The van der Waals surface area contributed by atoms with E-state index in [9.17, 15) is 4.79 Å². The van der Waals surface area contributed by atoms with Crippen molar-refractivity contribution in [3.63, 3.8) is 0 Å². The number of likely N-dealkylation sites (N-methyl/N-ethyl adjacent to an activating group) is 1. The topological polar surface area (TPSA) is 29.5 Å². The van der Waals surface area contributed by atoms with Gasteiger partial charge >= 0.3 is 0 Å². The van der Waals surface area contributed by atoms with Gasteiger partial charge in [0.05, 0.1) is 7.11 Å². The molecule has 0 aliphatic heterocycles. The lowest BCUT2D eigenvalue weighted by Crippen LogP contribution is -2.19. The maximum Gasteiger partial charge on any atom is 0.179 e. The zero-order valence-electron chi connectivity index (χ0n) is 7.76. The van der Waals surface area contributed by atoms with Crippen LogP contribution in [0.15, 0.2) is 11.5 Å². The third-order valence-electron chi connectivity index (χ3n) is 1.42. The molecule has 0 unspecified atom stereocenters. The van der Waals surface area contributed by atoms with E-state index in [-0.39, 0.29) is 5.78 Å². The van der Waals surface area contributed by atoms with E-state index in [2.05, 4.69) is 0 Å². The van der Waals surface area contributed by atoms with Crippen molar-refractivity contribution in [2.45, 2.75) is 13.8 Å².